The van der Waals surface area contributed by atoms with Gasteiger partial charge in [0.25, 0.3) is 0 Å². The fraction of sp³-hybridized carbons (Fsp3) is 0.421. The molecule has 2 aromatic rings. The van der Waals surface area contributed by atoms with Crippen LogP contribution in [0.1, 0.15) is 12.0 Å². The van der Waals surface area contributed by atoms with Crippen LogP contribution in [0.2, 0.25) is 0 Å². The minimum atomic E-state index is -3.48. The smallest absolute Gasteiger partial charge is 0.244 e. The molecule has 0 aliphatic carbocycles. The van der Waals surface area contributed by atoms with Gasteiger partial charge in [0.2, 0.25) is 10.0 Å². The van der Waals surface area contributed by atoms with Crippen LogP contribution in [0.15, 0.2) is 52.5 Å². The number of ether oxygens (including phenoxy) is 2. The molecule has 27 heavy (non-hydrogen) atoms. The molecule has 0 spiro atoms. The van der Waals surface area contributed by atoms with E-state index in [4.69, 9.17) is 9.47 Å². The molecule has 0 bridgehead atoms. The molecule has 0 atom stereocenters. The summed E-state index contributed by atoms with van der Waals surface area (Å²) in [5.41, 5.74) is 1.13. The number of aryl methyl sites for hydroxylation is 1. The molecule has 1 saturated heterocycles. The van der Waals surface area contributed by atoms with Gasteiger partial charge in [0.05, 0.1) is 24.8 Å². The van der Waals surface area contributed by atoms with Crippen LogP contribution in [0.4, 0.5) is 0 Å². The quantitative estimate of drug-likeness (QED) is 0.494. The van der Waals surface area contributed by atoms with Crippen molar-refractivity contribution in [1.29, 1.82) is 0 Å². The number of benzene rings is 1. The Kier molecular flexibility index (Phi) is 7.12. The lowest BCUT2D eigenvalue weighted by Gasteiger charge is -2.25. The number of thioether (sulfide) groups is 1. The third kappa shape index (κ3) is 5.44. The molecule has 0 radical (unpaired) electrons. The molecule has 8 heteroatoms. The van der Waals surface area contributed by atoms with E-state index in [1.54, 1.807) is 23.9 Å². The number of rotatable bonds is 8. The Morgan fingerprint density at radius 2 is 1.96 bits per heavy atom. The lowest BCUT2D eigenvalue weighted by Crippen LogP contribution is -2.40. The summed E-state index contributed by atoms with van der Waals surface area (Å²) < 4.78 is 37.6. The molecular weight excluding hydrogens is 384 g/mol. The number of aromatic nitrogens is 1. The fourth-order valence-corrected chi connectivity index (χ4v) is 4.79. The summed E-state index contributed by atoms with van der Waals surface area (Å²) in [5, 5.41) is 0.812. The molecule has 1 aromatic carbocycles. The van der Waals surface area contributed by atoms with Gasteiger partial charge in [-0.25, -0.2) is 13.4 Å². The number of nitrogens with zero attached hydrogens (tertiary/aromatic N) is 2. The highest BCUT2D eigenvalue weighted by Crippen LogP contribution is 2.21. The van der Waals surface area contributed by atoms with Crippen molar-refractivity contribution in [1.82, 2.24) is 9.29 Å². The molecule has 1 aromatic heterocycles. The van der Waals surface area contributed by atoms with E-state index in [9.17, 15) is 8.42 Å². The first-order valence-corrected chi connectivity index (χ1v) is 11.3. The van der Waals surface area contributed by atoms with Crippen molar-refractivity contribution >= 4 is 21.8 Å². The first-order chi connectivity index (χ1) is 13.1. The van der Waals surface area contributed by atoms with Crippen molar-refractivity contribution in [3.8, 4) is 5.75 Å². The molecule has 1 aliphatic rings. The zero-order valence-electron chi connectivity index (χ0n) is 15.3. The van der Waals surface area contributed by atoms with Crippen LogP contribution in [-0.4, -0.2) is 56.4 Å². The third-order valence-electron chi connectivity index (χ3n) is 4.21. The number of hydrogen-bond acceptors (Lipinski definition) is 6. The SMILES string of the molecule is Cc1ccccc1OCCCSc1ccc(S(=O)(=O)N2CCOCC2)cn1. The summed E-state index contributed by atoms with van der Waals surface area (Å²) in [6.45, 7) is 4.32. The maximum Gasteiger partial charge on any atom is 0.244 e. The molecule has 6 nitrogen and oxygen atoms in total. The Morgan fingerprint density at radius 3 is 2.67 bits per heavy atom. The summed E-state index contributed by atoms with van der Waals surface area (Å²) in [7, 11) is -3.48. The van der Waals surface area contributed by atoms with Crippen molar-refractivity contribution in [2.75, 3.05) is 38.7 Å². The average molecular weight is 409 g/mol. The largest absolute Gasteiger partial charge is 0.493 e. The predicted octanol–water partition coefficient (Wildman–Crippen LogP) is 2.97. The molecule has 0 unspecified atom stereocenters. The molecule has 3 rings (SSSR count). The summed E-state index contributed by atoms with van der Waals surface area (Å²) >= 11 is 1.60. The van der Waals surface area contributed by atoms with Gasteiger partial charge < -0.3 is 9.47 Å². The molecular formula is C19H24N2O4S2. The lowest BCUT2D eigenvalue weighted by atomic mass is 10.2. The summed E-state index contributed by atoms with van der Waals surface area (Å²) in [6.07, 6.45) is 2.32. The number of sulfonamides is 1. The highest BCUT2D eigenvalue weighted by Gasteiger charge is 2.26. The first kappa shape index (κ1) is 20.1. The van der Waals surface area contributed by atoms with Crippen LogP contribution in [-0.2, 0) is 14.8 Å². The highest BCUT2D eigenvalue weighted by atomic mass is 32.2. The van der Waals surface area contributed by atoms with Crippen molar-refractivity contribution in [3.63, 3.8) is 0 Å². The van der Waals surface area contributed by atoms with Gasteiger partial charge >= 0.3 is 0 Å². The van der Waals surface area contributed by atoms with Gasteiger partial charge in [-0.2, -0.15) is 4.31 Å². The van der Waals surface area contributed by atoms with Crippen molar-refractivity contribution in [3.05, 3.63) is 48.2 Å². The van der Waals surface area contributed by atoms with Crippen LogP contribution in [0.5, 0.6) is 5.75 Å². The van der Waals surface area contributed by atoms with Crippen LogP contribution in [0.25, 0.3) is 0 Å². The average Bonchev–Trinajstić information content (AvgIpc) is 2.70. The zero-order chi connectivity index (χ0) is 19.1. The number of pyridine rings is 1. The monoisotopic (exact) mass is 408 g/mol. The van der Waals surface area contributed by atoms with Gasteiger partial charge in [0.15, 0.2) is 0 Å². The molecule has 1 aliphatic heterocycles. The van der Waals surface area contributed by atoms with Gasteiger partial charge in [-0.3, -0.25) is 0 Å². The minimum Gasteiger partial charge on any atom is -0.493 e. The molecule has 146 valence electrons. The van der Waals surface area contributed by atoms with Crippen molar-refractivity contribution in [2.24, 2.45) is 0 Å². The maximum absolute atomic E-state index is 12.6. The Hall–Kier alpha value is -1.61. The molecule has 0 N–H and O–H groups in total. The van der Waals surface area contributed by atoms with E-state index >= 15 is 0 Å². The van der Waals surface area contributed by atoms with Gasteiger partial charge in [-0.05, 0) is 37.1 Å². The molecule has 0 saturated carbocycles. The van der Waals surface area contributed by atoms with E-state index in [1.165, 1.54) is 10.5 Å². The Labute approximate surface area is 164 Å². The van der Waals surface area contributed by atoms with Crippen LogP contribution in [0.3, 0.4) is 0 Å². The number of hydrogen-bond donors (Lipinski definition) is 0. The lowest BCUT2D eigenvalue weighted by molar-refractivity contribution is 0.0730. The first-order valence-electron chi connectivity index (χ1n) is 8.92. The van der Waals surface area contributed by atoms with E-state index in [1.807, 2.05) is 31.2 Å². The minimum absolute atomic E-state index is 0.233. The van der Waals surface area contributed by atoms with E-state index < -0.39 is 10.0 Å². The van der Waals surface area contributed by atoms with Crippen LogP contribution < -0.4 is 4.74 Å². The number of morpholine rings is 1. The zero-order valence-corrected chi connectivity index (χ0v) is 17.0. The third-order valence-corrected chi connectivity index (χ3v) is 7.12. The maximum atomic E-state index is 12.6. The number of para-hydroxylation sites is 1. The van der Waals surface area contributed by atoms with Crippen LogP contribution in [0, 0.1) is 6.92 Å². The normalized spacial score (nSPS) is 15.6. The summed E-state index contributed by atoms with van der Waals surface area (Å²) in [6, 6.07) is 11.3. The Bertz CT molecular complexity index is 835. The van der Waals surface area contributed by atoms with Crippen molar-refractivity contribution < 1.29 is 17.9 Å². The van der Waals surface area contributed by atoms with E-state index in [-0.39, 0.29) is 4.90 Å². The van der Waals surface area contributed by atoms with Crippen molar-refractivity contribution in [2.45, 2.75) is 23.3 Å². The predicted molar refractivity (Wildman–Crippen MR) is 106 cm³/mol. The second-order valence-electron chi connectivity index (χ2n) is 6.16. The van der Waals surface area contributed by atoms with Gasteiger partial charge in [-0.15, -0.1) is 11.8 Å². The standard InChI is InChI=1S/C19H24N2O4S2/c1-16-5-2-3-6-18(16)25-11-4-14-26-19-8-7-17(15-20-19)27(22,23)21-9-12-24-13-10-21/h2-3,5-8,15H,4,9-14H2,1H3. The summed E-state index contributed by atoms with van der Waals surface area (Å²) in [4.78, 5) is 4.53. The fourth-order valence-electron chi connectivity index (χ4n) is 2.68. The van der Waals surface area contributed by atoms with Gasteiger partial charge in [0.1, 0.15) is 10.6 Å². The highest BCUT2D eigenvalue weighted by molar-refractivity contribution is 7.99. The summed E-state index contributed by atoms with van der Waals surface area (Å²) in [5.74, 6) is 1.77. The topological polar surface area (TPSA) is 68.7 Å². The van der Waals surface area contributed by atoms with E-state index in [0.717, 1.165) is 28.5 Å². The second-order valence-corrected chi connectivity index (χ2v) is 9.22. The van der Waals surface area contributed by atoms with Crippen LogP contribution >= 0.6 is 11.8 Å². The Balaban J connectivity index is 1.46. The van der Waals surface area contributed by atoms with Gasteiger partial charge in [0, 0.05) is 25.0 Å². The second kappa shape index (κ2) is 9.54. The Morgan fingerprint density at radius 1 is 1.19 bits per heavy atom. The van der Waals surface area contributed by atoms with Gasteiger partial charge in [-0.1, -0.05) is 18.2 Å². The molecule has 2 heterocycles. The van der Waals surface area contributed by atoms with E-state index in [2.05, 4.69) is 4.98 Å². The molecule has 1 fully saturated rings. The molecule has 0 amide bonds. The van der Waals surface area contributed by atoms with E-state index in [0.29, 0.717) is 32.9 Å².